The lowest BCUT2D eigenvalue weighted by Crippen LogP contribution is -2.29. The summed E-state index contributed by atoms with van der Waals surface area (Å²) in [5.41, 5.74) is 5.74. The van der Waals surface area contributed by atoms with Crippen LogP contribution in [0.5, 0.6) is 0 Å². The summed E-state index contributed by atoms with van der Waals surface area (Å²) in [6, 6.07) is 0. The average molecular weight is 213 g/mol. The van der Waals surface area contributed by atoms with Gasteiger partial charge in [0, 0.05) is 6.42 Å². The van der Waals surface area contributed by atoms with E-state index in [2.05, 4.69) is 6.92 Å². The summed E-state index contributed by atoms with van der Waals surface area (Å²) >= 11 is 0. The number of carbonyl (C=O) groups is 1. The first-order valence-corrected chi connectivity index (χ1v) is 5.94. The van der Waals surface area contributed by atoms with Gasteiger partial charge in [0.1, 0.15) is 0 Å². The van der Waals surface area contributed by atoms with Gasteiger partial charge in [-0.2, -0.15) is 0 Å². The largest absolute Gasteiger partial charge is 0.469 e. The van der Waals surface area contributed by atoms with Crippen LogP contribution in [0.1, 0.15) is 39.0 Å². The molecule has 0 aliphatic heterocycles. The topological polar surface area (TPSA) is 52.3 Å². The second kappa shape index (κ2) is 6.11. The van der Waals surface area contributed by atoms with Crippen molar-refractivity contribution in [3.63, 3.8) is 0 Å². The van der Waals surface area contributed by atoms with Crippen molar-refractivity contribution in [2.45, 2.75) is 39.0 Å². The molecule has 0 amide bonds. The Kier molecular flexibility index (Phi) is 5.09. The number of hydrogen-bond donors (Lipinski definition) is 1. The lowest BCUT2D eigenvalue weighted by molar-refractivity contribution is -0.142. The molecule has 3 heteroatoms. The zero-order valence-electron chi connectivity index (χ0n) is 9.87. The lowest BCUT2D eigenvalue weighted by Gasteiger charge is -2.32. The maximum Gasteiger partial charge on any atom is 0.305 e. The zero-order valence-corrected chi connectivity index (χ0v) is 9.87. The van der Waals surface area contributed by atoms with E-state index in [1.165, 1.54) is 32.8 Å². The van der Waals surface area contributed by atoms with Crippen LogP contribution in [0.15, 0.2) is 0 Å². The number of nitrogens with two attached hydrogens (primary N) is 1. The number of ether oxygens (including phenoxy) is 1. The quantitative estimate of drug-likeness (QED) is 0.726. The normalized spacial score (nSPS) is 28.5. The van der Waals surface area contributed by atoms with Crippen LogP contribution in [0.25, 0.3) is 0 Å². The summed E-state index contributed by atoms with van der Waals surface area (Å²) < 4.78 is 4.71. The molecule has 0 aromatic carbocycles. The first kappa shape index (κ1) is 12.5. The molecule has 15 heavy (non-hydrogen) atoms. The maximum atomic E-state index is 11.2. The van der Waals surface area contributed by atoms with Gasteiger partial charge in [-0.3, -0.25) is 4.79 Å². The van der Waals surface area contributed by atoms with E-state index in [9.17, 15) is 4.79 Å². The summed E-state index contributed by atoms with van der Waals surface area (Å²) in [5.74, 6) is 1.61. The van der Waals surface area contributed by atoms with Gasteiger partial charge in [0.15, 0.2) is 0 Å². The van der Waals surface area contributed by atoms with Gasteiger partial charge >= 0.3 is 5.97 Å². The Hall–Kier alpha value is -0.570. The predicted octanol–water partition coefficient (Wildman–Crippen LogP) is 1.95. The molecule has 3 unspecified atom stereocenters. The number of methoxy groups -OCH3 is 1. The van der Waals surface area contributed by atoms with Crippen LogP contribution in [0.4, 0.5) is 0 Å². The molecule has 1 aliphatic carbocycles. The average Bonchev–Trinajstić information content (AvgIpc) is 2.25. The Morgan fingerprint density at radius 1 is 1.53 bits per heavy atom. The molecule has 3 nitrogen and oxygen atoms in total. The van der Waals surface area contributed by atoms with Crippen molar-refractivity contribution in [1.29, 1.82) is 0 Å². The smallest absolute Gasteiger partial charge is 0.305 e. The van der Waals surface area contributed by atoms with E-state index >= 15 is 0 Å². The Labute approximate surface area is 92.4 Å². The molecule has 88 valence electrons. The fourth-order valence-electron chi connectivity index (χ4n) is 2.65. The molecule has 0 spiro atoms. The predicted molar refractivity (Wildman–Crippen MR) is 60.3 cm³/mol. The van der Waals surface area contributed by atoms with E-state index in [0.29, 0.717) is 24.8 Å². The molecular weight excluding hydrogens is 190 g/mol. The van der Waals surface area contributed by atoms with Gasteiger partial charge in [0.25, 0.3) is 0 Å². The Bertz CT molecular complexity index is 206. The highest BCUT2D eigenvalue weighted by molar-refractivity contribution is 5.69. The van der Waals surface area contributed by atoms with E-state index < -0.39 is 0 Å². The van der Waals surface area contributed by atoms with Gasteiger partial charge in [-0.15, -0.1) is 0 Å². The molecule has 0 aromatic heterocycles. The highest BCUT2D eigenvalue weighted by Crippen LogP contribution is 2.34. The first-order valence-electron chi connectivity index (χ1n) is 5.94. The van der Waals surface area contributed by atoms with Crippen LogP contribution in [-0.4, -0.2) is 19.6 Å². The number of carbonyl (C=O) groups excluding carboxylic acids is 1. The molecule has 3 atom stereocenters. The molecule has 0 heterocycles. The van der Waals surface area contributed by atoms with Gasteiger partial charge in [-0.1, -0.05) is 26.2 Å². The summed E-state index contributed by atoms with van der Waals surface area (Å²) in [4.78, 5) is 11.2. The number of rotatable bonds is 4. The summed E-state index contributed by atoms with van der Waals surface area (Å²) in [7, 11) is 1.44. The van der Waals surface area contributed by atoms with Crippen molar-refractivity contribution in [2.24, 2.45) is 23.5 Å². The minimum absolute atomic E-state index is 0.122. The molecule has 1 fully saturated rings. The minimum Gasteiger partial charge on any atom is -0.469 e. The third-order valence-corrected chi connectivity index (χ3v) is 3.60. The fraction of sp³-hybridized carbons (Fsp3) is 0.917. The Balaban J connectivity index is 2.45. The fourth-order valence-corrected chi connectivity index (χ4v) is 2.65. The van der Waals surface area contributed by atoms with Crippen LogP contribution in [-0.2, 0) is 9.53 Å². The van der Waals surface area contributed by atoms with Crippen LogP contribution in [0.2, 0.25) is 0 Å². The number of hydrogen-bond acceptors (Lipinski definition) is 3. The highest BCUT2D eigenvalue weighted by atomic mass is 16.5. The summed E-state index contributed by atoms with van der Waals surface area (Å²) in [6.45, 7) is 2.89. The minimum atomic E-state index is -0.122. The SMILES string of the molecule is COC(=O)CC(CN)C1CCCC(C)C1. The first-order chi connectivity index (χ1) is 7.17. The molecule has 1 rings (SSSR count). The monoisotopic (exact) mass is 213 g/mol. The van der Waals surface area contributed by atoms with Crippen LogP contribution < -0.4 is 5.73 Å². The van der Waals surface area contributed by atoms with Crippen LogP contribution in [0.3, 0.4) is 0 Å². The molecule has 0 radical (unpaired) electrons. The van der Waals surface area contributed by atoms with E-state index in [-0.39, 0.29) is 5.97 Å². The van der Waals surface area contributed by atoms with Crippen molar-refractivity contribution < 1.29 is 9.53 Å². The van der Waals surface area contributed by atoms with Crippen LogP contribution >= 0.6 is 0 Å². The lowest BCUT2D eigenvalue weighted by atomic mass is 9.74. The standard InChI is InChI=1S/C12H23NO2/c1-9-4-3-5-10(6-9)11(8-13)7-12(14)15-2/h9-11H,3-8,13H2,1-2H3. The molecule has 0 saturated heterocycles. The molecule has 1 saturated carbocycles. The van der Waals surface area contributed by atoms with E-state index in [1.54, 1.807) is 0 Å². The van der Waals surface area contributed by atoms with Gasteiger partial charge < -0.3 is 10.5 Å². The highest BCUT2D eigenvalue weighted by Gasteiger charge is 2.27. The van der Waals surface area contributed by atoms with E-state index in [4.69, 9.17) is 10.5 Å². The van der Waals surface area contributed by atoms with Gasteiger partial charge in [0.2, 0.25) is 0 Å². The van der Waals surface area contributed by atoms with Crippen molar-refractivity contribution in [3.05, 3.63) is 0 Å². The molecule has 2 N–H and O–H groups in total. The second-order valence-corrected chi connectivity index (χ2v) is 4.81. The van der Waals surface area contributed by atoms with Crippen molar-refractivity contribution in [2.75, 3.05) is 13.7 Å². The third kappa shape index (κ3) is 3.82. The maximum absolute atomic E-state index is 11.2. The number of esters is 1. The van der Waals surface area contributed by atoms with Crippen molar-refractivity contribution >= 4 is 5.97 Å². The zero-order chi connectivity index (χ0) is 11.3. The third-order valence-electron chi connectivity index (χ3n) is 3.60. The molecule has 1 aliphatic rings. The Morgan fingerprint density at radius 3 is 2.80 bits per heavy atom. The van der Waals surface area contributed by atoms with Crippen molar-refractivity contribution in [1.82, 2.24) is 0 Å². The Morgan fingerprint density at radius 2 is 2.27 bits per heavy atom. The van der Waals surface area contributed by atoms with Gasteiger partial charge in [0.05, 0.1) is 7.11 Å². The summed E-state index contributed by atoms with van der Waals surface area (Å²) in [6.07, 6.45) is 5.54. The van der Waals surface area contributed by atoms with E-state index in [1.807, 2.05) is 0 Å². The van der Waals surface area contributed by atoms with Gasteiger partial charge in [-0.25, -0.2) is 0 Å². The molecule has 0 bridgehead atoms. The molecular formula is C12H23NO2. The second-order valence-electron chi connectivity index (χ2n) is 4.81. The summed E-state index contributed by atoms with van der Waals surface area (Å²) in [5, 5.41) is 0. The van der Waals surface area contributed by atoms with Gasteiger partial charge in [-0.05, 0) is 30.7 Å². The molecule has 0 aromatic rings. The van der Waals surface area contributed by atoms with Crippen LogP contribution in [0, 0.1) is 17.8 Å². The van der Waals surface area contributed by atoms with Crippen molar-refractivity contribution in [3.8, 4) is 0 Å². The van der Waals surface area contributed by atoms with E-state index in [0.717, 1.165) is 5.92 Å².